The zero-order chi connectivity index (χ0) is 16.3. The molecule has 0 spiro atoms. The van der Waals surface area contributed by atoms with Crippen LogP contribution in [0, 0.1) is 11.8 Å². The molecule has 21 heavy (non-hydrogen) atoms. The Morgan fingerprint density at radius 1 is 1.14 bits per heavy atom. The lowest BCUT2D eigenvalue weighted by molar-refractivity contribution is -0.141. The molecule has 0 rings (SSSR count). The molecule has 0 amide bonds. The number of carboxylic acids is 1. The second-order valence-electron chi connectivity index (χ2n) is 6.59. The van der Waals surface area contributed by atoms with Crippen molar-refractivity contribution in [2.75, 3.05) is 0 Å². The number of allylic oxidation sites excluding steroid dienone is 1. The van der Waals surface area contributed by atoms with Crippen molar-refractivity contribution in [1.29, 1.82) is 0 Å². The summed E-state index contributed by atoms with van der Waals surface area (Å²) in [4.78, 5) is 10.7. The van der Waals surface area contributed by atoms with Gasteiger partial charge in [-0.15, -0.1) is 0 Å². The van der Waals surface area contributed by atoms with Crippen LogP contribution in [-0.2, 0) is 4.79 Å². The average molecular weight is 300 g/mol. The standard InChI is InChI=1S/C17H32O4/c1-14(8-4-5-13-18)9-6-11-17(3,21)12-7-10-15(2)16(19)20/h5,13-15,18,21H,4,6-12H2,1-3H3,(H,19,20)/b13-5+. The Kier molecular flexibility index (Phi) is 10.1. The maximum atomic E-state index is 10.7. The fraction of sp³-hybridized carbons (Fsp3) is 0.824. The van der Waals surface area contributed by atoms with Crippen LogP contribution in [0.4, 0.5) is 0 Å². The Morgan fingerprint density at radius 3 is 2.24 bits per heavy atom. The molecule has 4 nitrogen and oxygen atoms in total. The highest BCUT2D eigenvalue weighted by atomic mass is 16.4. The third kappa shape index (κ3) is 11.3. The summed E-state index contributed by atoms with van der Waals surface area (Å²) in [6.45, 7) is 5.74. The number of aliphatic hydroxyl groups excluding tert-OH is 1. The minimum absolute atomic E-state index is 0.333. The maximum Gasteiger partial charge on any atom is 0.306 e. The fourth-order valence-corrected chi connectivity index (χ4v) is 2.47. The molecule has 0 aliphatic carbocycles. The lowest BCUT2D eigenvalue weighted by Crippen LogP contribution is -2.24. The van der Waals surface area contributed by atoms with Gasteiger partial charge in [0.05, 0.1) is 17.8 Å². The average Bonchev–Trinajstić information content (AvgIpc) is 2.38. The number of rotatable bonds is 12. The fourth-order valence-electron chi connectivity index (χ4n) is 2.47. The van der Waals surface area contributed by atoms with Gasteiger partial charge in [0.2, 0.25) is 0 Å². The molecule has 4 heteroatoms. The van der Waals surface area contributed by atoms with E-state index >= 15 is 0 Å². The molecule has 3 N–H and O–H groups in total. The summed E-state index contributed by atoms with van der Waals surface area (Å²) in [5.41, 5.74) is -0.692. The van der Waals surface area contributed by atoms with Crippen molar-refractivity contribution < 1.29 is 20.1 Å². The first kappa shape index (κ1) is 20.0. The largest absolute Gasteiger partial charge is 0.516 e. The Balaban J connectivity index is 3.78. The minimum Gasteiger partial charge on any atom is -0.516 e. The predicted octanol–water partition coefficient (Wildman–Crippen LogP) is 4.29. The lowest BCUT2D eigenvalue weighted by Gasteiger charge is -2.24. The summed E-state index contributed by atoms with van der Waals surface area (Å²) >= 11 is 0. The monoisotopic (exact) mass is 300 g/mol. The number of hydrogen-bond donors (Lipinski definition) is 3. The lowest BCUT2D eigenvalue weighted by atomic mass is 9.89. The molecule has 0 aliphatic rings. The molecule has 3 atom stereocenters. The number of aliphatic carboxylic acids is 1. The minimum atomic E-state index is -0.764. The van der Waals surface area contributed by atoms with Gasteiger partial charge in [0.25, 0.3) is 0 Å². The number of carboxylic acid groups (broad SMARTS) is 1. The molecular weight excluding hydrogens is 268 g/mol. The van der Waals surface area contributed by atoms with Crippen LogP contribution in [0.2, 0.25) is 0 Å². The van der Waals surface area contributed by atoms with E-state index in [1.165, 1.54) is 0 Å². The van der Waals surface area contributed by atoms with Crippen molar-refractivity contribution in [2.24, 2.45) is 11.8 Å². The highest BCUT2D eigenvalue weighted by Gasteiger charge is 2.21. The first-order valence-corrected chi connectivity index (χ1v) is 8.03. The van der Waals surface area contributed by atoms with Gasteiger partial charge in [-0.05, 0) is 51.4 Å². The van der Waals surface area contributed by atoms with Gasteiger partial charge in [0.1, 0.15) is 0 Å². The van der Waals surface area contributed by atoms with Gasteiger partial charge in [-0.25, -0.2) is 0 Å². The molecule has 0 fully saturated rings. The second kappa shape index (κ2) is 10.7. The number of hydrogen-bond acceptors (Lipinski definition) is 3. The summed E-state index contributed by atoms with van der Waals surface area (Å²) in [5, 5.41) is 27.7. The van der Waals surface area contributed by atoms with Crippen molar-refractivity contribution in [3.05, 3.63) is 12.3 Å². The summed E-state index contributed by atoms with van der Waals surface area (Å²) in [7, 11) is 0. The quantitative estimate of drug-likeness (QED) is 0.470. The van der Waals surface area contributed by atoms with E-state index in [4.69, 9.17) is 10.2 Å². The Morgan fingerprint density at radius 2 is 1.71 bits per heavy atom. The van der Waals surface area contributed by atoms with Gasteiger partial charge in [-0.1, -0.05) is 32.8 Å². The zero-order valence-electron chi connectivity index (χ0n) is 13.7. The van der Waals surface area contributed by atoms with E-state index in [1.54, 1.807) is 13.0 Å². The first-order valence-electron chi connectivity index (χ1n) is 8.03. The van der Waals surface area contributed by atoms with Crippen LogP contribution in [0.15, 0.2) is 12.3 Å². The first-order chi connectivity index (χ1) is 9.78. The zero-order valence-corrected chi connectivity index (χ0v) is 13.7. The van der Waals surface area contributed by atoms with E-state index in [9.17, 15) is 9.90 Å². The van der Waals surface area contributed by atoms with Crippen molar-refractivity contribution in [2.45, 2.75) is 77.7 Å². The summed E-state index contributed by atoms with van der Waals surface area (Å²) in [5.74, 6) is -0.509. The molecular formula is C17H32O4. The summed E-state index contributed by atoms with van der Waals surface area (Å²) in [6.07, 6.45) is 9.63. The predicted molar refractivity (Wildman–Crippen MR) is 85.3 cm³/mol. The Bertz CT molecular complexity index is 310. The second-order valence-corrected chi connectivity index (χ2v) is 6.59. The molecule has 0 saturated carbocycles. The maximum absolute atomic E-state index is 10.7. The third-order valence-corrected chi connectivity index (χ3v) is 4.12. The highest BCUT2D eigenvalue weighted by Crippen LogP contribution is 2.24. The third-order valence-electron chi connectivity index (χ3n) is 4.12. The van der Waals surface area contributed by atoms with Gasteiger partial charge < -0.3 is 15.3 Å². The molecule has 124 valence electrons. The molecule has 0 bridgehead atoms. The summed E-state index contributed by atoms with van der Waals surface area (Å²) < 4.78 is 0. The molecule has 0 aromatic heterocycles. The SMILES string of the molecule is CC(CC/C=C/O)CCCC(C)(O)CCCC(C)C(=O)O. The Labute approximate surface area is 128 Å². The molecule has 0 aromatic rings. The molecule has 0 aliphatic heterocycles. The smallest absolute Gasteiger partial charge is 0.306 e. The molecule has 0 aromatic carbocycles. The van der Waals surface area contributed by atoms with Gasteiger partial charge in [0, 0.05) is 0 Å². The van der Waals surface area contributed by atoms with E-state index < -0.39 is 11.6 Å². The Hall–Kier alpha value is -1.03. The van der Waals surface area contributed by atoms with Crippen molar-refractivity contribution in [3.8, 4) is 0 Å². The van der Waals surface area contributed by atoms with Crippen LogP contribution in [0.5, 0.6) is 0 Å². The van der Waals surface area contributed by atoms with Crippen molar-refractivity contribution in [3.63, 3.8) is 0 Å². The van der Waals surface area contributed by atoms with Gasteiger partial charge in [-0.3, -0.25) is 4.79 Å². The van der Waals surface area contributed by atoms with E-state index in [2.05, 4.69) is 6.92 Å². The number of aliphatic hydroxyl groups is 2. The van der Waals surface area contributed by atoms with Crippen LogP contribution < -0.4 is 0 Å². The van der Waals surface area contributed by atoms with E-state index in [0.29, 0.717) is 18.8 Å². The van der Waals surface area contributed by atoms with Crippen LogP contribution >= 0.6 is 0 Å². The van der Waals surface area contributed by atoms with Crippen LogP contribution in [0.3, 0.4) is 0 Å². The van der Waals surface area contributed by atoms with E-state index in [0.717, 1.165) is 44.8 Å². The van der Waals surface area contributed by atoms with Gasteiger partial charge >= 0.3 is 5.97 Å². The van der Waals surface area contributed by atoms with E-state index in [1.807, 2.05) is 6.92 Å². The molecule has 3 unspecified atom stereocenters. The topological polar surface area (TPSA) is 77.8 Å². The molecule has 0 radical (unpaired) electrons. The number of carbonyl (C=O) groups is 1. The summed E-state index contributed by atoms with van der Waals surface area (Å²) in [6, 6.07) is 0. The van der Waals surface area contributed by atoms with Crippen molar-refractivity contribution >= 4 is 5.97 Å². The highest BCUT2D eigenvalue weighted by molar-refractivity contribution is 5.69. The van der Waals surface area contributed by atoms with Gasteiger partial charge in [0.15, 0.2) is 0 Å². The van der Waals surface area contributed by atoms with Crippen molar-refractivity contribution in [1.82, 2.24) is 0 Å². The van der Waals surface area contributed by atoms with Crippen LogP contribution in [-0.4, -0.2) is 26.9 Å². The van der Waals surface area contributed by atoms with E-state index in [-0.39, 0.29) is 5.92 Å². The molecule has 0 heterocycles. The van der Waals surface area contributed by atoms with Crippen LogP contribution in [0.1, 0.15) is 72.1 Å². The molecule has 0 saturated heterocycles. The van der Waals surface area contributed by atoms with Gasteiger partial charge in [-0.2, -0.15) is 0 Å². The van der Waals surface area contributed by atoms with Crippen LogP contribution in [0.25, 0.3) is 0 Å². The normalized spacial score (nSPS) is 17.5.